The van der Waals surface area contributed by atoms with Crippen LogP contribution in [-0.2, 0) is 11.2 Å². The molecule has 1 fully saturated rings. The molecule has 2 aliphatic heterocycles. The van der Waals surface area contributed by atoms with Crippen molar-refractivity contribution < 1.29 is 24.2 Å². The lowest BCUT2D eigenvalue weighted by atomic mass is 9.97. The van der Waals surface area contributed by atoms with Gasteiger partial charge in [0, 0.05) is 31.1 Å². The number of carboxylic acid groups (broad SMARTS) is 1. The summed E-state index contributed by atoms with van der Waals surface area (Å²) in [6.45, 7) is 5.28. The van der Waals surface area contributed by atoms with Gasteiger partial charge in [0.15, 0.2) is 0 Å². The predicted molar refractivity (Wildman–Crippen MR) is 92.4 cm³/mol. The SMILES string of the molecule is CCOc1cc2c(cc1NC(=O)N1CCC(C(=O)O)CC1)OC(C)C2. The minimum absolute atomic E-state index is 0.116. The van der Waals surface area contributed by atoms with Crippen LogP contribution in [0.1, 0.15) is 32.3 Å². The number of anilines is 1. The number of fused-ring (bicyclic) bond motifs is 1. The average molecular weight is 348 g/mol. The third-order valence-corrected chi connectivity index (χ3v) is 4.67. The molecule has 0 aliphatic carbocycles. The number of likely N-dealkylation sites (tertiary alicyclic amines) is 1. The number of nitrogens with zero attached hydrogens (tertiary/aromatic N) is 1. The Balaban J connectivity index is 1.71. The summed E-state index contributed by atoms with van der Waals surface area (Å²) < 4.78 is 11.4. The smallest absolute Gasteiger partial charge is 0.321 e. The van der Waals surface area contributed by atoms with Crippen LogP contribution in [0.25, 0.3) is 0 Å². The van der Waals surface area contributed by atoms with E-state index in [0.717, 1.165) is 17.7 Å². The Bertz CT molecular complexity index is 668. The van der Waals surface area contributed by atoms with E-state index in [0.29, 0.717) is 44.0 Å². The molecule has 7 nitrogen and oxygen atoms in total. The molecule has 0 bridgehead atoms. The molecule has 1 unspecified atom stereocenters. The van der Waals surface area contributed by atoms with E-state index in [1.807, 2.05) is 26.0 Å². The van der Waals surface area contributed by atoms with Crippen LogP contribution in [0.15, 0.2) is 12.1 Å². The minimum atomic E-state index is -0.788. The van der Waals surface area contributed by atoms with Crippen LogP contribution >= 0.6 is 0 Å². The zero-order chi connectivity index (χ0) is 18.0. The molecule has 1 aromatic rings. The normalized spacial score (nSPS) is 19.9. The van der Waals surface area contributed by atoms with E-state index < -0.39 is 5.97 Å². The van der Waals surface area contributed by atoms with Crippen molar-refractivity contribution in [1.29, 1.82) is 0 Å². The summed E-state index contributed by atoms with van der Waals surface area (Å²) in [6, 6.07) is 3.50. The van der Waals surface area contributed by atoms with Crippen molar-refractivity contribution in [3.05, 3.63) is 17.7 Å². The van der Waals surface area contributed by atoms with Crippen LogP contribution in [0, 0.1) is 5.92 Å². The average Bonchev–Trinajstić information content (AvgIpc) is 2.94. The summed E-state index contributed by atoms with van der Waals surface area (Å²) >= 11 is 0. The summed E-state index contributed by atoms with van der Waals surface area (Å²) in [6.07, 6.45) is 1.90. The van der Waals surface area contributed by atoms with Gasteiger partial charge in [-0.2, -0.15) is 0 Å². The van der Waals surface area contributed by atoms with Crippen molar-refractivity contribution in [2.75, 3.05) is 25.0 Å². The molecule has 2 amide bonds. The molecular weight excluding hydrogens is 324 g/mol. The molecule has 2 N–H and O–H groups in total. The van der Waals surface area contributed by atoms with E-state index in [2.05, 4.69) is 5.32 Å². The van der Waals surface area contributed by atoms with Crippen LogP contribution in [0.2, 0.25) is 0 Å². The Morgan fingerprint density at radius 3 is 2.72 bits per heavy atom. The van der Waals surface area contributed by atoms with Gasteiger partial charge < -0.3 is 24.8 Å². The van der Waals surface area contributed by atoms with Gasteiger partial charge in [-0.25, -0.2) is 4.79 Å². The van der Waals surface area contributed by atoms with Crippen molar-refractivity contribution in [2.24, 2.45) is 5.92 Å². The highest BCUT2D eigenvalue weighted by Gasteiger charge is 2.28. The van der Waals surface area contributed by atoms with E-state index in [9.17, 15) is 9.59 Å². The van der Waals surface area contributed by atoms with Gasteiger partial charge in [-0.1, -0.05) is 0 Å². The first-order chi connectivity index (χ1) is 12.0. The third kappa shape index (κ3) is 3.81. The molecule has 0 radical (unpaired) electrons. The van der Waals surface area contributed by atoms with Crippen molar-refractivity contribution in [2.45, 2.75) is 39.2 Å². The molecule has 2 heterocycles. The molecule has 7 heteroatoms. The first-order valence-corrected chi connectivity index (χ1v) is 8.73. The first kappa shape index (κ1) is 17.4. The Morgan fingerprint density at radius 1 is 1.36 bits per heavy atom. The number of nitrogens with one attached hydrogen (secondary N) is 1. The standard InChI is InChI=1S/C18H24N2O5/c1-3-24-16-9-13-8-11(2)25-15(13)10-14(16)19-18(23)20-6-4-12(5-7-20)17(21)22/h9-12H,3-8H2,1-2H3,(H,19,23)(H,21,22). The molecule has 0 spiro atoms. The Hall–Kier alpha value is -2.44. The maximum atomic E-state index is 12.5. The molecule has 136 valence electrons. The number of rotatable bonds is 4. The molecule has 1 saturated heterocycles. The number of hydrogen-bond donors (Lipinski definition) is 2. The summed E-state index contributed by atoms with van der Waals surface area (Å²) in [5.74, 6) is 0.255. The largest absolute Gasteiger partial charge is 0.492 e. The molecule has 0 saturated carbocycles. The van der Waals surface area contributed by atoms with Crippen LogP contribution < -0.4 is 14.8 Å². The van der Waals surface area contributed by atoms with Crippen molar-refractivity contribution in [1.82, 2.24) is 4.90 Å². The van der Waals surface area contributed by atoms with Gasteiger partial charge in [0.1, 0.15) is 17.6 Å². The van der Waals surface area contributed by atoms with Gasteiger partial charge in [0.25, 0.3) is 0 Å². The zero-order valence-corrected chi connectivity index (χ0v) is 14.6. The lowest BCUT2D eigenvalue weighted by molar-refractivity contribution is -0.143. The fourth-order valence-corrected chi connectivity index (χ4v) is 3.34. The Kier molecular flexibility index (Phi) is 5.01. The second-order valence-electron chi connectivity index (χ2n) is 6.55. The Morgan fingerprint density at radius 2 is 2.08 bits per heavy atom. The van der Waals surface area contributed by atoms with E-state index >= 15 is 0 Å². The fraction of sp³-hybridized carbons (Fsp3) is 0.556. The molecule has 1 aromatic carbocycles. The quantitative estimate of drug-likeness (QED) is 0.873. The van der Waals surface area contributed by atoms with Crippen LogP contribution in [0.4, 0.5) is 10.5 Å². The maximum absolute atomic E-state index is 12.5. The van der Waals surface area contributed by atoms with Gasteiger partial charge in [0.05, 0.1) is 18.2 Å². The van der Waals surface area contributed by atoms with Gasteiger partial charge >= 0.3 is 12.0 Å². The van der Waals surface area contributed by atoms with Gasteiger partial charge in [0.2, 0.25) is 0 Å². The predicted octanol–water partition coefficient (Wildman–Crippen LogP) is 2.74. The lowest BCUT2D eigenvalue weighted by Crippen LogP contribution is -2.42. The van der Waals surface area contributed by atoms with E-state index in [4.69, 9.17) is 14.6 Å². The first-order valence-electron chi connectivity index (χ1n) is 8.73. The zero-order valence-electron chi connectivity index (χ0n) is 14.6. The highest BCUT2D eigenvalue weighted by molar-refractivity contribution is 5.91. The molecule has 2 aliphatic rings. The summed E-state index contributed by atoms with van der Waals surface area (Å²) in [5.41, 5.74) is 1.66. The summed E-state index contributed by atoms with van der Waals surface area (Å²) in [7, 11) is 0. The summed E-state index contributed by atoms with van der Waals surface area (Å²) in [4.78, 5) is 25.2. The second kappa shape index (κ2) is 7.21. The number of carbonyl (C=O) groups is 2. The number of urea groups is 1. The topological polar surface area (TPSA) is 88.1 Å². The second-order valence-corrected chi connectivity index (χ2v) is 6.55. The summed E-state index contributed by atoms with van der Waals surface area (Å²) in [5, 5.41) is 11.9. The van der Waals surface area contributed by atoms with Gasteiger partial charge in [-0.15, -0.1) is 0 Å². The van der Waals surface area contributed by atoms with Crippen molar-refractivity contribution in [3.8, 4) is 11.5 Å². The number of piperidine rings is 1. The monoisotopic (exact) mass is 348 g/mol. The minimum Gasteiger partial charge on any atom is -0.492 e. The fourth-order valence-electron chi connectivity index (χ4n) is 3.34. The van der Waals surface area contributed by atoms with E-state index in [-0.39, 0.29) is 18.1 Å². The number of carbonyl (C=O) groups excluding carboxylic acids is 1. The number of ether oxygens (including phenoxy) is 2. The van der Waals surface area contributed by atoms with Crippen molar-refractivity contribution in [3.63, 3.8) is 0 Å². The number of aliphatic carboxylic acids is 1. The molecule has 25 heavy (non-hydrogen) atoms. The van der Waals surface area contributed by atoms with E-state index in [1.54, 1.807) is 4.90 Å². The molecule has 1 atom stereocenters. The number of benzene rings is 1. The van der Waals surface area contributed by atoms with Crippen LogP contribution in [-0.4, -0.2) is 47.8 Å². The van der Waals surface area contributed by atoms with Crippen LogP contribution in [0.3, 0.4) is 0 Å². The molecule has 0 aromatic heterocycles. The maximum Gasteiger partial charge on any atom is 0.321 e. The van der Waals surface area contributed by atoms with Crippen molar-refractivity contribution >= 4 is 17.7 Å². The van der Waals surface area contributed by atoms with Gasteiger partial charge in [-0.3, -0.25) is 4.79 Å². The highest BCUT2D eigenvalue weighted by atomic mass is 16.5. The third-order valence-electron chi connectivity index (χ3n) is 4.67. The number of amides is 2. The number of hydrogen-bond acceptors (Lipinski definition) is 4. The lowest BCUT2D eigenvalue weighted by Gasteiger charge is -2.30. The Labute approximate surface area is 146 Å². The number of carboxylic acids is 1. The van der Waals surface area contributed by atoms with Gasteiger partial charge in [-0.05, 0) is 32.8 Å². The van der Waals surface area contributed by atoms with Crippen LogP contribution in [0.5, 0.6) is 11.5 Å². The molecule has 3 rings (SSSR count). The van der Waals surface area contributed by atoms with E-state index in [1.165, 1.54) is 0 Å². The molecular formula is C18H24N2O5. The highest BCUT2D eigenvalue weighted by Crippen LogP contribution is 2.38.